The molecule has 1 aliphatic rings. The zero-order valence-corrected chi connectivity index (χ0v) is 67.6. The van der Waals surface area contributed by atoms with Gasteiger partial charge >= 0.3 is 29.8 Å². The number of rotatable bonds is 24. The van der Waals surface area contributed by atoms with Crippen molar-refractivity contribution < 1.29 is 106 Å². The third-order valence-corrected chi connectivity index (χ3v) is 21.1. The number of ketones is 4. The van der Waals surface area contributed by atoms with E-state index >= 15 is 0 Å². The van der Waals surface area contributed by atoms with Crippen LogP contribution < -0.4 is 31.3 Å². The Morgan fingerprint density at radius 3 is 2.05 bits per heavy atom. The summed E-state index contributed by atoms with van der Waals surface area (Å²) >= 11 is 1.73. The molecule has 1 aromatic carbocycles. The molecule has 0 radical (unpaired) electrons. The summed E-state index contributed by atoms with van der Waals surface area (Å²) < 4.78 is 22.9. The molecule has 6 amide bonds. The number of likely N-dealkylation sites (N-methyl/N-ethyl adjacent to an activating group) is 1. The number of carboxylic acids is 3. The molecule has 0 saturated heterocycles. The number of carbonyl (C=O) groups excluding carboxylic acids is 12. The molecule has 109 heavy (non-hydrogen) atoms. The topological polar surface area (TPSA) is 433 Å². The number of nitrogens with zero attached hydrogens (tertiary/aromatic N) is 3. The first-order valence-corrected chi connectivity index (χ1v) is 38.8. The average molecular weight is 1570 g/mol. The van der Waals surface area contributed by atoms with Crippen molar-refractivity contribution in [2.24, 2.45) is 47.3 Å². The quantitative estimate of drug-likeness (QED) is 0.0368. The van der Waals surface area contributed by atoms with E-state index in [9.17, 15) is 87.2 Å². The van der Waals surface area contributed by atoms with E-state index in [4.69, 9.17) is 18.9 Å². The SMILES string of the molecule is CC[C@H](C)[C@H](CC(=O)C(C)(C)N(C)C)C(=O)N(C)[C@H](C[C@@H](OC(C)=O)c1nc(C(=O)N[C@@H](Cc2ccc3c(c2)NC(=O)C(C)NC(=O)C(C(C)C)CC(=O)CCOCCNC(=O)C=C(C(=O)O)CCSC(C(=O)O)=CC(=O)CCCOCCC(=O)NC(C(C)C)C(=O)CC(C)C(=O)O3)CC(C)C(=O)O)cs1)C(C)C. The van der Waals surface area contributed by atoms with E-state index in [1.165, 1.54) is 51.3 Å². The van der Waals surface area contributed by atoms with Gasteiger partial charge in [-0.3, -0.25) is 67.2 Å². The molecule has 0 fully saturated rings. The van der Waals surface area contributed by atoms with E-state index < -0.39 is 149 Å². The van der Waals surface area contributed by atoms with E-state index in [1.807, 2.05) is 46.4 Å². The number of anilines is 1. The molecule has 1 aromatic heterocycles. The van der Waals surface area contributed by atoms with Crippen LogP contribution in [-0.4, -0.2) is 208 Å². The van der Waals surface area contributed by atoms with Crippen LogP contribution >= 0.6 is 23.1 Å². The molecule has 0 spiro atoms. The van der Waals surface area contributed by atoms with Crippen LogP contribution in [0.2, 0.25) is 0 Å². The number of aliphatic carboxylic acids is 3. The van der Waals surface area contributed by atoms with Crippen molar-refractivity contribution >= 4 is 117 Å². The second-order valence-electron chi connectivity index (χ2n) is 29.5. The van der Waals surface area contributed by atoms with Gasteiger partial charge in [0.25, 0.3) is 5.91 Å². The normalized spacial score (nSPS) is 20.3. The van der Waals surface area contributed by atoms with Gasteiger partial charge < -0.3 is 65.8 Å². The van der Waals surface area contributed by atoms with Gasteiger partial charge in [0.15, 0.2) is 29.2 Å². The maximum Gasteiger partial charge on any atom is 0.342 e. The fourth-order valence-corrected chi connectivity index (χ4v) is 13.3. The highest BCUT2D eigenvalue weighted by molar-refractivity contribution is 8.04. The van der Waals surface area contributed by atoms with E-state index in [1.54, 1.807) is 53.7 Å². The highest BCUT2D eigenvalue weighted by Crippen LogP contribution is 2.35. The second-order valence-corrected chi connectivity index (χ2v) is 31.5. The average Bonchev–Trinajstić information content (AvgIpc) is 1.82. The minimum atomic E-state index is -1.44. The van der Waals surface area contributed by atoms with Crippen LogP contribution in [0.1, 0.15) is 195 Å². The molecule has 10 atom stereocenters. The van der Waals surface area contributed by atoms with Crippen molar-refractivity contribution in [3.8, 4) is 5.75 Å². The number of allylic oxidation sites excluding steroid dienone is 1. The highest BCUT2D eigenvalue weighted by atomic mass is 32.2. The number of nitrogens with one attached hydrogen (secondary N) is 5. The van der Waals surface area contributed by atoms with Crippen molar-refractivity contribution in [2.45, 2.75) is 210 Å². The molecular formula is C77H114N8O22S2. The standard InChI is InChI=1S/C77H114N8O22S2/c1-18-45(8)56(39-64(90)77(13,14)84(15)16)72(96)85(17)59(43(4)5)40-62(106-49(12)86)71-82-58(41-109-71)70(95)80-52(32-46(9)73(97)98)34-50-21-22-61-57(35-50)81-68(93)48(11)79-69(94)55(42(2)3)37-54(88)23-28-105-30-26-78-66(92)36-51(74(99)100)25-31-108-63(75(101)102)38-53(87)20-19-27-104-29-24-65(91)83-67(44(6)7)60(89)33-47(10)76(103)107-61/h21-22,35-36,38,41-48,52,55-56,59,62,67H,18-20,23-34,37,39-40H2,1-17H3,(H,78,92)(H,79,94)(H,80,95)(H,81,93)(H,83,91)(H,97,98)(H,99,100)(H,101,102)/t45-,46?,47?,48?,52+,55?,56-,59+,62+,67?/m0/s1. The van der Waals surface area contributed by atoms with Gasteiger partial charge in [0.2, 0.25) is 29.5 Å². The third kappa shape index (κ3) is 32.1. The Morgan fingerprint density at radius 1 is 0.789 bits per heavy atom. The summed E-state index contributed by atoms with van der Waals surface area (Å²) in [4.78, 5) is 208. The molecule has 0 saturated carbocycles. The maximum absolute atomic E-state index is 14.6. The number of thiazole rings is 1. The first-order chi connectivity index (χ1) is 51.0. The minimum Gasteiger partial charge on any atom is -0.481 e. The summed E-state index contributed by atoms with van der Waals surface area (Å²) in [5.74, 6) is -16.5. The van der Waals surface area contributed by atoms with Gasteiger partial charge in [0.05, 0.1) is 53.8 Å². The lowest BCUT2D eigenvalue weighted by Crippen LogP contribution is -2.50. The van der Waals surface area contributed by atoms with Gasteiger partial charge in [0, 0.05) is 125 Å². The number of hydrogen-bond acceptors (Lipinski definition) is 23. The zero-order chi connectivity index (χ0) is 82.3. The fraction of sp³-hybridized carbons (Fsp3) is 0.636. The summed E-state index contributed by atoms with van der Waals surface area (Å²) in [5.41, 5.74) is -1.08. The molecular weight excluding hydrogens is 1450 g/mol. The Labute approximate surface area is 646 Å². The molecule has 32 heteroatoms. The maximum atomic E-state index is 14.6. The largest absolute Gasteiger partial charge is 0.481 e. The minimum absolute atomic E-state index is 0.00369. The van der Waals surface area contributed by atoms with Gasteiger partial charge in [-0.05, 0) is 102 Å². The van der Waals surface area contributed by atoms with Crippen molar-refractivity contribution in [2.75, 3.05) is 65.2 Å². The smallest absolute Gasteiger partial charge is 0.342 e. The molecule has 2 aromatic rings. The van der Waals surface area contributed by atoms with E-state index in [2.05, 4.69) is 31.6 Å². The molecule has 1 aliphatic heterocycles. The van der Waals surface area contributed by atoms with Crippen LogP contribution in [0.3, 0.4) is 0 Å². The number of ether oxygens (including phenoxy) is 4. The summed E-state index contributed by atoms with van der Waals surface area (Å²) in [6.45, 7) is 23.1. The zero-order valence-electron chi connectivity index (χ0n) is 66.0. The van der Waals surface area contributed by atoms with Crippen molar-refractivity contribution in [1.29, 1.82) is 0 Å². The number of hydrogen-bond donors (Lipinski definition) is 8. The van der Waals surface area contributed by atoms with Crippen molar-refractivity contribution in [1.82, 2.24) is 36.1 Å². The lowest BCUT2D eigenvalue weighted by atomic mass is 9.81. The Bertz CT molecular complexity index is 3600. The van der Waals surface area contributed by atoms with E-state index in [-0.39, 0.29) is 165 Å². The summed E-state index contributed by atoms with van der Waals surface area (Å²) in [5, 5.41) is 44.8. The first-order valence-electron chi connectivity index (χ1n) is 36.9. The van der Waals surface area contributed by atoms with Crippen LogP contribution in [0.4, 0.5) is 5.69 Å². The first kappa shape index (κ1) is 94.6. The van der Waals surface area contributed by atoms with Crippen LogP contribution in [0.5, 0.6) is 5.75 Å². The number of esters is 2. The van der Waals surface area contributed by atoms with Crippen LogP contribution in [0.25, 0.3) is 0 Å². The number of fused-ring (bicyclic) bond motifs is 1. The van der Waals surface area contributed by atoms with Gasteiger partial charge in [-0.15, -0.1) is 23.1 Å². The molecule has 0 aliphatic carbocycles. The predicted molar refractivity (Wildman–Crippen MR) is 408 cm³/mol. The number of carboxylic acid groups (broad SMARTS) is 3. The molecule has 8 N–H and O–H groups in total. The van der Waals surface area contributed by atoms with Crippen LogP contribution in [0.15, 0.2) is 46.2 Å². The second kappa shape index (κ2) is 46.2. The van der Waals surface area contributed by atoms with Crippen LogP contribution in [0, 0.1) is 47.3 Å². The highest BCUT2D eigenvalue weighted by Gasteiger charge is 2.40. The van der Waals surface area contributed by atoms with Gasteiger partial charge in [0.1, 0.15) is 22.5 Å². The number of aromatic nitrogens is 1. The Balaban J connectivity index is 2.05. The monoisotopic (exact) mass is 1570 g/mol. The summed E-state index contributed by atoms with van der Waals surface area (Å²) in [6.07, 6.45) is -0.170. The molecule has 3 rings (SSSR count). The Hall–Kier alpha value is -8.59. The van der Waals surface area contributed by atoms with Gasteiger partial charge in [-0.2, -0.15) is 0 Å². The Morgan fingerprint density at radius 2 is 1.45 bits per heavy atom. The fourth-order valence-electron chi connectivity index (χ4n) is 11.6. The molecule has 5 unspecified atom stereocenters. The van der Waals surface area contributed by atoms with Gasteiger partial charge in [-0.1, -0.05) is 81.7 Å². The molecule has 30 nitrogen and oxygen atoms in total. The lowest BCUT2D eigenvalue weighted by Gasteiger charge is -2.38. The van der Waals surface area contributed by atoms with E-state index in [0.29, 0.717) is 23.7 Å². The van der Waals surface area contributed by atoms with Crippen LogP contribution in [-0.2, 0) is 87.8 Å². The lowest BCUT2D eigenvalue weighted by molar-refractivity contribution is -0.150. The third-order valence-electron chi connectivity index (χ3n) is 19.2. The molecule has 0 bridgehead atoms. The molecule has 606 valence electrons. The van der Waals surface area contributed by atoms with Gasteiger partial charge in [-0.25, -0.2) is 14.6 Å². The Kier molecular flexibility index (Phi) is 40.1. The number of amides is 6. The van der Waals surface area contributed by atoms with E-state index in [0.717, 1.165) is 23.5 Å². The number of benzene rings is 1. The summed E-state index contributed by atoms with van der Waals surface area (Å²) in [6, 6.07) is 0.335. The predicted octanol–water partition coefficient (Wildman–Crippen LogP) is 7.75. The number of carbonyl (C=O) groups is 15. The van der Waals surface area contributed by atoms with Crippen molar-refractivity contribution in [3.05, 3.63) is 62.5 Å². The molecule has 2 heterocycles. The van der Waals surface area contributed by atoms with Crippen molar-refractivity contribution in [3.63, 3.8) is 0 Å². The number of thioether (sulfide) groups is 1. The summed E-state index contributed by atoms with van der Waals surface area (Å²) in [7, 11) is 5.26. The number of Topliss-reactive ketones (excluding diaryl/α,β-unsaturated/α-hetero) is 3.